The van der Waals surface area contributed by atoms with E-state index in [1.807, 2.05) is 0 Å². The zero-order chi connectivity index (χ0) is 19.4. The van der Waals surface area contributed by atoms with Crippen LogP contribution in [0.2, 0.25) is 0 Å². The highest BCUT2D eigenvalue weighted by Gasteiger charge is 2.58. The SMILES string of the molecule is NO.OC[C@H]1OC(CO)(O[C@H]2O[C@H](CO)[C@@H](O)[C@H](O)[C@H]2O)[C@@H](O)[C@@H]1O. The van der Waals surface area contributed by atoms with Crippen molar-refractivity contribution in [2.75, 3.05) is 19.8 Å². The van der Waals surface area contributed by atoms with Crippen LogP contribution in [0.4, 0.5) is 0 Å². The van der Waals surface area contributed by atoms with Gasteiger partial charge in [-0.1, -0.05) is 0 Å². The standard InChI is InChI=1S/C12H22O11.H3NO/c13-1-4-6(16)8(18)9(19)11(21-4)23-12(3-15)10(20)7(17)5(2-14)22-12;1-2/h4-11,13-20H,1-3H2;2H,1H2/t4-,5-,6-,7-,8+,9-,10+,11-,12?;/m1./s1. The van der Waals surface area contributed by atoms with Gasteiger partial charge in [-0.05, 0) is 0 Å². The fourth-order valence-corrected chi connectivity index (χ4v) is 2.63. The minimum absolute atomic E-state index is 0.669. The number of aliphatic hydroxyl groups excluding tert-OH is 8. The molecule has 0 amide bonds. The van der Waals surface area contributed by atoms with E-state index in [0.717, 1.165) is 0 Å². The first kappa shape index (κ1) is 22.5. The Kier molecular flexibility index (Phi) is 8.49. The summed E-state index contributed by atoms with van der Waals surface area (Å²) in [6.07, 6.45) is -12.7. The molecule has 2 aliphatic heterocycles. The van der Waals surface area contributed by atoms with Gasteiger partial charge in [-0.3, -0.25) is 0 Å². The first-order valence-corrected chi connectivity index (χ1v) is 7.31. The summed E-state index contributed by atoms with van der Waals surface area (Å²) in [6.45, 7) is -2.32. The molecule has 0 aromatic heterocycles. The minimum Gasteiger partial charge on any atom is -0.394 e. The fourth-order valence-electron chi connectivity index (χ4n) is 2.63. The molecule has 0 aliphatic carbocycles. The predicted molar refractivity (Wildman–Crippen MR) is 74.6 cm³/mol. The number of ether oxygens (including phenoxy) is 3. The average molecular weight is 375 g/mol. The second-order valence-corrected chi connectivity index (χ2v) is 5.56. The number of aliphatic hydroxyl groups is 8. The van der Waals surface area contributed by atoms with E-state index in [2.05, 4.69) is 5.90 Å². The zero-order valence-electron chi connectivity index (χ0n) is 13.1. The lowest BCUT2D eigenvalue weighted by atomic mass is 9.99. The summed E-state index contributed by atoms with van der Waals surface area (Å²) in [6, 6.07) is 0. The van der Waals surface area contributed by atoms with Gasteiger partial charge in [0.1, 0.15) is 49.3 Å². The lowest BCUT2D eigenvalue weighted by Crippen LogP contribution is -2.62. The number of hydrogen-bond acceptors (Lipinski definition) is 13. The Morgan fingerprint density at radius 2 is 1.36 bits per heavy atom. The van der Waals surface area contributed by atoms with Gasteiger partial charge in [0.05, 0.1) is 13.2 Å². The molecule has 0 spiro atoms. The van der Waals surface area contributed by atoms with E-state index in [1.165, 1.54) is 0 Å². The van der Waals surface area contributed by atoms with Gasteiger partial charge in [-0.25, -0.2) is 5.90 Å². The molecule has 150 valence electrons. The van der Waals surface area contributed by atoms with Gasteiger partial charge in [0.2, 0.25) is 5.79 Å². The summed E-state index contributed by atoms with van der Waals surface area (Å²) >= 11 is 0. The van der Waals surface area contributed by atoms with Gasteiger partial charge >= 0.3 is 0 Å². The number of rotatable bonds is 5. The van der Waals surface area contributed by atoms with Crippen molar-refractivity contribution in [3.8, 4) is 0 Å². The summed E-state index contributed by atoms with van der Waals surface area (Å²) in [5.41, 5.74) is 0. The maximum atomic E-state index is 10.00. The van der Waals surface area contributed by atoms with E-state index >= 15 is 0 Å². The molecule has 25 heavy (non-hydrogen) atoms. The van der Waals surface area contributed by atoms with Gasteiger partial charge in [0.15, 0.2) is 6.29 Å². The fraction of sp³-hybridized carbons (Fsp3) is 1.00. The molecule has 0 saturated carbocycles. The van der Waals surface area contributed by atoms with E-state index in [-0.39, 0.29) is 0 Å². The third-order valence-electron chi connectivity index (χ3n) is 4.07. The molecule has 13 heteroatoms. The Morgan fingerprint density at radius 1 is 0.800 bits per heavy atom. The van der Waals surface area contributed by atoms with Gasteiger partial charge in [-0.15, -0.1) is 0 Å². The number of nitrogens with two attached hydrogens (primary N) is 1. The number of hydrogen-bond donors (Lipinski definition) is 10. The van der Waals surface area contributed by atoms with Gasteiger partial charge in [0.25, 0.3) is 0 Å². The molecular formula is C12H25NO12. The monoisotopic (exact) mass is 375 g/mol. The summed E-state index contributed by atoms with van der Waals surface area (Å²) in [5.74, 6) is 1.28. The molecule has 0 aromatic carbocycles. The molecule has 1 unspecified atom stereocenters. The Hall–Kier alpha value is -0.520. The lowest BCUT2D eigenvalue weighted by molar-refractivity contribution is -0.383. The quantitative estimate of drug-likeness (QED) is 0.202. The van der Waals surface area contributed by atoms with E-state index in [1.54, 1.807) is 0 Å². The van der Waals surface area contributed by atoms with Gasteiger partial charge < -0.3 is 60.3 Å². The van der Waals surface area contributed by atoms with Gasteiger partial charge in [-0.2, -0.15) is 0 Å². The van der Waals surface area contributed by atoms with Crippen molar-refractivity contribution in [3.05, 3.63) is 0 Å². The molecule has 2 fully saturated rings. The summed E-state index contributed by atoms with van der Waals surface area (Å²) < 4.78 is 15.4. The van der Waals surface area contributed by atoms with Crippen molar-refractivity contribution in [2.45, 2.75) is 54.8 Å². The highest BCUT2D eigenvalue weighted by molar-refractivity contribution is 4.98. The third kappa shape index (κ3) is 4.25. The highest BCUT2D eigenvalue weighted by Crippen LogP contribution is 2.35. The van der Waals surface area contributed by atoms with Crippen molar-refractivity contribution in [3.63, 3.8) is 0 Å². The molecule has 0 aromatic rings. The van der Waals surface area contributed by atoms with Crippen LogP contribution in [0.5, 0.6) is 0 Å². The molecule has 2 rings (SSSR count). The smallest absolute Gasteiger partial charge is 0.224 e. The highest BCUT2D eigenvalue weighted by atomic mass is 16.8. The molecule has 13 nitrogen and oxygen atoms in total. The average Bonchev–Trinajstić information content (AvgIpc) is 2.88. The van der Waals surface area contributed by atoms with Crippen LogP contribution in [0, 0.1) is 0 Å². The summed E-state index contributed by atoms with van der Waals surface area (Å²) in [7, 11) is 0. The Bertz CT molecular complexity index is 400. The molecular weight excluding hydrogens is 350 g/mol. The molecule has 0 radical (unpaired) electrons. The van der Waals surface area contributed by atoms with Crippen LogP contribution < -0.4 is 5.90 Å². The van der Waals surface area contributed by atoms with Crippen molar-refractivity contribution in [1.29, 1.82) is 0 Å². The van der Waals surface area contributed by atoms with Crippen molar-refractivity contribution in [1.82, 2.24) is 0 Å². The normalized spacial score (nSPS) is 47.3. The van der Waals surface area contributed by atoms with E-state index in [0.29, 0.717) is 0 Å². The van der Waals surface area contributed by atoms with E-state index < -0.39 is 74.6 Å². The van der Waals surface area contributed by atoms with E-state index in [4.69, 9.17) is 29.6 Å². The topological polar surface area (TPSA) is 236 Å². The maximum absolute atomic E-state index is 10.00. The zero-order valence-corrected chi connectivity index (χ0v) is 13.1. The van der Waals surface area contributed by atoms with Crippen LogP contribution in [0.15, 0.2) is 0 Å². The molecule has 0 bridgehead atoms. The Morgan fingerprint density at radius 3 is 1.80 bits per heavy atom. The lowest BCUT2D eigenvalue weighted by Gasteiger charge is -2.43. The summed E-state index contributed by atoms with van der Waals surface area (Å²) in [5, 5.41) is 83.2. The van der Waals surface area contributed by atoms with Crippen LogP contribution in [-0.2, 0) is 14.2 Å². The van der Waals surface area contributed by atoms with Crippen LogP contribution >= 0.6 is 0 Å². The maximum Gasteiger partial charge on any atom is 0.224 e. The van der Waals surface area contributed by atoms with Crippen LogP contribution in [0.3, 0.4) is 0 Å². The first-order valence-electron chi connectivity index (χ1n) is 7.31. The molecule has 2 aliphatic rings. The second-order valence-electron chi connectivity index (χ2n) is 5.56. The largest absolute Gasteiger partial charge is 0.394 e. The van der Waals surface area contributed by atoms with Gasteiger partial charge in [0, 0.05) is 0 Å². The van der Waals surface area contributed by atoms with Crippen molar-refractivity contribution >= 4 is 0 Å². The molecule has 2 heterocycles. The van der Waals surface area contributed by atoms with E-state index in [9.17, 15) is 30.6 Å². The minimum atomic E-state index is -2.22. The Balaban J connectivity index is 0.00000151. The van der Waals surface area contributed by atoms with Crippen LogP contribution in [-0.4, -0.2) is 121 Å². The first-order chi connectivity index (χ1) is 11.8. The summed E-state index contributed by atoms with van der Waals surface area (Å²) in [4.78, 5) is 0. The molecule has 9 atom stereocenters. The second kappa shape index (κ2) is 9.43. The molecule has 2 saturated heterocycles. The Labute approximate surface area is 142 Å². The van der Waals surface area contributed by atoms with Crippen molar-refractivity contribution in [2.24, 2.45) is 5.90 Å². The van der Waals surface area contributed by atoms with Crippen molar-refractivity contribution < 1.29 is 60.3 Å². The predicted octanol–water partition coefficient (Wildman–Crippen LogP) is -6.06. The van der Waals surface area contributed by atoms with Crippen LogP contribution in [0.25, 0.3) is 0 Å². The molecule has 11 N–H and O–H groups in total. The third-order valence-corrected chi connectivity index (χ3v) is 4.07. The van der Waals surface area contributed by atoms with Crippen LogP contribution in [0.1, 0.15) is 0 Å².